The van der Waals surface area contributed by atoms with E-state index in [2.05, 4.69) is 13.2 Å². The van der Waals surface area contributed by atoms with Gasteiger partial charge < -0.3 is 24.4 Å². The van der Waals surface area contributed by atoms with Crippen molar-refractivity contribution < 1.29 is 29.0 Å². The van der Waals surface area contributed by atoms with E-state index in [1.165, 1.54) is 4.90 Å². The third kappa shape index (κ3) is 4.88. The molecule has 218 valence electrons. The number of likely N-dealkylation sites (tertiary alicyclic amines) is 1. The highest BCUT2D eigenvalue weighted by atomic mass is 35.5. The zero-order valence-electron chi connectivity index (χ0n) is 23.7. The molecular weight excluding hydrogens is 532 g/mol. The number of nitrogens with zero attached hydrogens (tertiary/aromatic N) is 2. The minimum Gasteiger partial charge on any atom is -0.465 e. The van der Waals surface area contributed by atoms with Crippen molar-refractivity contribution in [3.63, 3.8) is 0 Å². The summed E-state index contributed by atoms with van der Waals surface area (Å²) in [6.45, 7) is 13.4. The predicted molar refractivity (Wildman–Crippen MR) is 154 cm³/mol. The van der Waals surface area contributed by atoms with Crippen molar-refractivity contribution in [3.8, 4) is 0 Å². The molecule has 1 aromatic rings. The van der Waals surface area contributed by atoms with Crippen LogP contribution < -0.4 is 4.90 Å². The number of ether oxygens (including phenoxy) is 2. The number of hydrogen-bond donors (Lipinski definition) is 1. The quantitative estimate of drug-likeness (QED) is 0.212. The van der Waals surface area contributed by atoms with Crippen LogP contribution in [0.3, 0.4) is 0 Å². The molecule has 4 rings (SSSR count). The number of benzene rings is 1. The lowest BCUT2D eigenvalue weighted by atomic mass is 9.65. The van der Waals surface area contributed by atoms with Crippen molar-refractivity contribution in [1.82, 2.24) is 4.90 Å². The van der Waals surface area contributed by atoms with E-state index < -0.39 is 41.1 Å². The van der Waals surface area contributed by atoms with Gasteiger partial charge in [-0.3, -0.25) is 14.4 Å². The molecule has 0 saturated carbocycles. The summed E-state index contributed by atoms with van der Waals surface area (Å²) in [6.07, 6.45) is 6.22. The number of allylic oxidation sites excluding steroid dienone is 1. The van der Waals surface area contributed by atoms with Gasteiger partial charge in [-0.2, -0.15) is 0 Å². The van der Waals surface area contributed by atoms with E-state index in [1.54, 1.807) is 41.3 Å². The molecule has 3 aliphatic rings. The first kappa shape index (κ1) is 30.3. The Hall–Kier alpha value is -2.68. The average Bonchev–Trinajstić information content (AvgIpc) is 3.54. The van der Waals surface area contributed by atoms with Crippen molar-refractivity contribution in [1.29, 1.82) is 0 Å². The summed E-state index contributed by atoms with van der Waals surface area (Å²) in [4.78, 5) is 45.7. The average molecular weight is 573 g/mol. The lowest BCUT2D eigenvalue weighted by molar-refractivity contribution is -0.162. The third-order valence-corrected chi connectivity index (χ3v) is 9.19. The Morgan fingerprint density at radius 2 is 1.95 bits per heavy atom. The summed E-state index contributed by atoms with van der Waals surface area (Å²) >= 11 is 6.12. The van der Waals surface area contributed by atoms with Gasteiger partial charge in [0, 0.05) is 17.3 Å². The first-order valence-electron chi connectivity index (χ1n) is 14.2. The second-order valence-corrected chi connectivity index (χ2v) is 11.8. The molecule has 9 heteroatoms. The van der Waals surface area contributed by atoms with Crippen LogP contribution in [0.25, 0.3) is 0 Å². The number of carbonyl (C=O) groups is 3. The number of anilines is 1. The highest BCUT2D eigenvalue weighted by molar-refractivity contribution is 6.30. The van der Waals surface area contributed by atoms with Crippen LogP contribution in [0.4, 0.5) is 5.69 Å². The number of amides is 2. The number of halogens is 1. The van der Waals surface area contributed by atoms with E-state index in [9.17, 15) is 19.5 Å². The summed E-state index contributed by atoms with van der Waals surface area (Å²) in [5.41, 5.74) is -1.51. The van der Waals surface area contributed by atoms with Crippen LogP contribution in [0.15, 0.2) is 49.6 Å². The molecule has 3 fully saturated rings. The number of aliphatic hydroxyl groups is 1. The normalized spacial score (nSPS) is 29.4. The van der Waals surface area contributed by atoms with Gasteiger partial charge in [0.1, 0.15) is 17.6 Å². The highest BCUT2D eigenvalue weighted by Gasteiger charge is 2.79. The Morgan fingerprint density at radius 1 is 1.25 bits per heavy atom. The van der Waals surface area contributed by atoms with E-state index in [0.29, 0.717) is 42.8 Å². The SMILES string of the molecule is C=CCCCOC(=O)[C@H]1[C@H]2C(=O)N([C@@H](CO)C(C)C)C(C(=O)N(CC=C)c3ccc(Cl)cc3)C23CC[C@]1(CC)O3. The van der Waals surface area contributed by atoms with Crippen LogP contribution >= 0.6 is 11.6 Å². The molecule has 2 amide bonds. The minimum atomic E-state index is -1.22. The Kier molecular flexibility index (Phi) is 9.12. The summed E-state index contributed by atoms with van der Waals surface area (Å²) < 4.78 is 12.5. The number of rotatable bonds is 13. The van der Waals surface area contributed by atoms with Gasteiger partial charge in [0.15, 0.2) is 0 Å². The van der Waals surface area contributed by atoms with Gasteiger partial charge in [0.2, 0.25) is 5.91 Å². The molecule has 6 atom stereocenters. The van der Waals surface area contributed by atoms with E-state index in [4.69, 9.17) is 21.1 Å². The molecule has 40 heavy (non-hydrogen) atoms. The molecule has 0 aromatic heterocycles. The molecular formula is C31H41ClN2O6. The smallest absolute Gasteiger partial charge is 0.312 e. The molecule has 3 aliphatic heterocycles. The Labute approximate surface area is 241 Å². The highest BCUT2D eigenvalue weighted by Crippen LogP contribution is 2.65. The summed E-state index contributed by atoms with van der Waals surface area (Å²) in [5, 5.41) is 11.0. The van der Waals surface area contributed by atoms with Crippen LogP contribution in [-0.4, -0.2) is 70.8 Å². The lowest BCUT2D eigenvalue weighted by Gasteiger charge is -2.40. The van der Waals surface area contributed by atoms with Crippen molar-refractivity contribution in [2.45, 2.75) is 76.2 Å². The largest absolute Gasteiger partial charge is 0.465 e. The maximum absolute atomic E-state index is 14.6. The topological polar surface area (TPSA) is 96.4 Å². The molecule has 2 unspecified atom stereocenters. The second kappa shape index (κ2) is 12.0. The first-order chi connectivity index (χ1) is 19.1. The first-order valence-corrected chi connectivity index (χ1v) is 14.6. The molecule has 1 N–H and O–H groups in total. The van der Waals surface area contributed by atoms with E-state index >= 15 is 0 Å². The number of esters is 1. The van der Waals surface area contributed by atoms with Gasteiger partial charge in [-0.1, -0.05) is 44.5 Å². The second-order valence-electron chi connectivity index (χ2n) is 11.4. The maximum Gasteiger partial charge on any atom is 0.312 e. The van der Waals surface area contributed by atoms with E-state index in [1.807, 2.05) is 20.8 Å². The number of carbonyl (C=O) groups excluding carboxylic acids is 3. The summed E-state index contributed by atoms with van der Waals surface area (Å²) in [5.74, 6) is -3.02. The summed E-state index contributed by atoms with van der Waals surface area (Å²) in [6, 6.07) is 5.22. The molecule has 3 heterocycles. The van der Waals surface area contributed by atoms with Crippen LogP contribution in [-0.2, 0) is 23.9 Å². The van der Waals surface area contributed by atoms with Gasteiger partial charge in [0.25, 0.3) is 5.91 Å². The number of hydrogen-bond acceptors (Lipinski definition) is 6. The molecule has 1 aromatic carbocycles. The van der Waals surface area contributed by atoms with Crippen LogP contribution in [0.5, 0.6) is 0 Å². The van der Waals surface area contributed by atoms with Crippen molar-refractivity contribution >= 4 is 35.1 Å². The fourth-order valence-electron chi connectivity index (χ4n) is 6.98. The molecule has 3 saturated heterocycles. The van der Waals surface area contributed by atoms with Gasteiger partial charge in [-0.15, -0.1) is 13.2 Å². The van der Waals surface area contributed by atoms with Crippen molar-refractivity contribution in [2.24, 2.45) is 17.8 Å². The minimum absolute atomic E-state index is 0.149. The Bertz CT molecular complexity index is 1140. The fourth-order valence-corrected chi connectivity index (χ4v) is 7.11. The molecule has 1 spiro atoms. The lowest BCUT2D eigenvalue weighted by Crippen LogP contribution is -2.60. The van der Waals surface area contributed by atoms with Gasteiger partial charge in [-0.25, -0.2) is 0 Å². The summed E-state index contributed by atoms with van der Waals surface area (Å²) in [7, 11) is 0. The van der Waals surface area contributed by atoms with Crippen molar-refractivity contribution in [2.75, 3.05) is 24.7 Å². The fraction of sp³-hybridized carbons (Fsp3) is 0.581. The number of unbranched alkanes of at least 4 members (excludes halogenated alkanes) is 1. The number of fused-ring (bicyclic) bond motifs is 1. The van der Waals surface area contributed by atoms with E-state index in [-0.39, 0.29) is 37.5 Å². The molecule has 0 radical (unpaired) electrons. The number of aliphatic hydroxyl groups excluding tert-OH is 1. The standard InChI is InChI=1S/C31H41ClN2O6/c1-6-9-10-18-39-29(38)25-24-27(36)34(23(19-35)20(4)5)26(31(24)16-15-30(25,8-3)40-31)28(37)33(17-7-2)22-13-11-21(32)12-14-22/h6-7,11-14,20,23-26,35H,1-2,8-10,15-19H2,3-5H3/t23-,24-,25+,26?,30-,31?/m0/s1. The Balaban J connectivity index is 1.81. The van der Waals surface area contributed by atoms with Gasteiger partial charge in [-0.05, 0) is 62.3 Å². The van der Waals surface area contributed by atoms with E-state index in [0.717, 1.165) is 0 Å². The third-order valence-electron chi connectivity index (χ3n) is 8.93. The van der Waals surface area contributed by atoms with Crippen LogP contribution in [0, 0.1) is 17.8 Å². The van der Waals surface area contributed by atoms with Crippen LogP contribution in [0.2, 0.25) is 5.02 Å². The maximum atomic E-state index is 14.6. The zero-order chi connectivity index (χ0) is 29.2. The van der Waals surface area contributed by atoms with Gasteiger partial charge >= 0.3 is 5.97 Å². The molecule has 0 aliphatic carbocycles. The molecule has 8 nitrogen and oxygen atoms in total. The van der Waals surface area contributed by atoms with Crippen molar-refractivity contribution in [3.05, 3.63) is 54.6 Å². The molecule has 2 bridgehead atoms. The monoisotopic (exact) mass is 572 g/mol. The Morgan fingerprint density at radius 3 is 2.52 bits per heavy atom. The van der Waals surface area contributed by atoms with Gasteiger partial charge in [0.05, 0.1) is 30.8 Å². The predicted octanol–water partition coefficient (Wildman–Crippen LogP) is 4.54. The zero-order valence-corrected chi connectivity index (χ0v) is 24.4. The van der Waals surface area contributed by atoms with Crippen LogP contribution in [0.1, 0.15) is 52.9 Å².